The molecule has 1 aliphatic heterocycles. The van der Waals surface area contributed by atoms with Gasteiger partial charge in [0.2, 0.25) is 0 Å². The number of nitrogens with zero attached hydrogens (tertiary/aromatic N) is 1. The summed E-state index contributed by atoms with van der Waals surface area (Å²) in [5, 5.41) is 5.91. The van der Waals surface area contributed by atoms with E-state index in [4.69, 9.17) is 9.72 Å². The van der Waals surface area contributed by atoms with Crippen molar-refractivity contribution in [3.8, 4) is 5.75 Å². The molecule has 0 radical (unpaired) electrons. The fraction of sp³-hybridized carbons (Fsp3) is 0.227. The third-order valence-electron chi connectivity index (χ3n) is 5.31. The number of ether oxygens (including phenoxy) is 1. The molecule has 3 heterocycles. The van der Waals surface area contributed by atoms with Crippen molar-refractivity contribution in [2.24, 2.45) is 0 Å². The quantitative estimate of drug-likeness (QED) is 0.550. The van der Waals surface area contributed by atoms with Crippen molar-refractivity contribution in [1.29, 1.82) is 0 Å². The van der Waals surface area contributed by atoms with Gasteiger partial charge in [-0.05, 0) is 36.6 Å². The van der Waals surface area contributed by atoms with Crippen molar-refractivity contribution in [2.75, 3.05) is 19.0 Å². The van der Waals surface area contributed by atoms with Crippen molar-refractivity contribution < 1.29 is 9.13 Å². The number of aromatic nitrogens is 2. The maximum Gasteiger partial charge on any atom is 0.165 e. The molecule has 27 heavy (non-hydrogen) atoms. The molecule has 0 fully saturated rings. The molecule has 2 N–H and O–H groups in total. The maximum atomic E-state index is 14.1. The first kappa shape index (κ1) is 16.1. The van der Waals surface area contributed by atoms with Crippen LogP contribution in [-0.4, -0.2) is 23.6 Å². The summed E-state index contributed by atoms with van der Waals surface area (Å²) in [6, 6.07) is 13.4. The largest absolute Gasteiger partial charge is 0.494 e. The van der Waals surface area contributed by atoms with E-state index in [0.717, 1.165) is 47.5 Å². The predicted octanol–water partition coefficient (Wildman–Crippen LogP) is 4.81. The second-order valence-corrected chi connectivity index (χ2v) is 6.98. The summed E-state index contributed by atoms with van der Waals surface area (Å²) in [5.74, 6) is 0.871. The molecule has 4 nitrogen and oxygen atoms in total. The van der Waals surface area contributed by atoms with Crippen molar-refractivity contribution in [2.45, 2.75) is 19.3 Å². The minimum Gasteiger partial charge on any atom is -0.494 e. The lowest BCUT2D eigenvalue weighted by atomic mass is 9.98. The molecule has 0 saturated carbocycles. The van der Waals surface area contributed by atoms with E-state index >= 15 is 0 Å². The van der Waals surface area contributed by atoms with Crippen LogP contribution < -0.4 is 10.1 Å². The zero-order chi connectivity index (χ0) is 18.4. The van der Waals surface area contributed by atoms with Crippen LogP contribution in [0.3, 0.4) is 0 Å². The molecule has 0 amide bonds. The van der Waals surface area contributed by atoms with Crippen LogP contribution in [0, 0.1) is 5.82 Å². The Labute approximate surface area is 156 Å². The van der Waals surface area contributed by atoms with Gasteiger partial charge in [0.25, 0.3) is 0 Å². The molecular weight excluding hydrogens is 341 g/mol. The van der Waals surface area contributed by atoms with Gasteiger partial charge in [-0.25, -0.2) is 9.37 Å². The lowest BCUT2D eigenvalue weighted by molar-refractivity contribution is 0.386. The number of fused-ring (bicyclic) bond motifs is 5. The number of halogens is 1. The SMILES string of the molecule is COc1ccc(Cc2nc3c(c4c2[nH]c2ccccc24)CCCN3)cc1F. The Kier molecular flexibility index (Phi) is 3.74. The number of nitrogens with one attached hydrogen (secondary N) is 2. The molecule has 1 aliphatic rings. The number of methoxy groups -OCH3 is 1. The van der Waals surface area contributed by atoms with E-state index in [1.807, 2.05) is 12.1 Å². The first-order chi connectivity index (χ1) is 13.2. The summed E-state index contributed by atoms with van der Waals surface area (Å²) in [4.78, 5) is 8.45. The van der Waals surface area contributed by atoms with E-state index in [0.29, 0.717) is 6.42 Å². The highest BCUT2D eigenvalue weighted by molar-refractivity contribution is 6.11. The Hall–Kier alpha value is -3.08. The Balaban J connectivity index is 1.71. The van der Waals surface area contributed by atoms with Crippen molar-refractivity contribution in [1.82, 2.24) is 9.97 Å². The van der Waals surface area contributed by atoms with Gasteiger partial charge in [-0.2, -0.15) is 0 Å². The van der Waals surface area contributed by atoms with Gasteiger partial charge >= 0.3 is 0 Å². The first-order valence-corrected chi connectivity index (χ1v) is 9.23. The molecule has 0 atom stereocenters. The zero-order valence-corrected chi connectivity index (χ0v) is 15.1. The third kappa shape index (κ3) is 2.62. The van der Waals surface area contributed by atoms with Gasteiger partial charge in [-0.3, -0.25) is 0 Å². The monoisotopic (exact) mass is 361 g/mol. The number of hydrogen-bond acceptors (Lipinski definition) is 3. The van der Waals surface area contributed by atoms with Crippen LogP contribution in [0.5, 0.6) is 5.75 Å². The van der Waals surface area contributed by atoms with Crippen LogP contribution in [0.15, 0.2) is 42.5 Å². The van der Waals surface area contributed by atoms with Crippen LogP contribution >= 0.6 is 0 Å². The second-order valence-electron chi connectivity index (χ2n) is 6.98. The summed E-state index contributed by atoms with van der Waals surface area (Å²) in [5.41, 5.74) is 5.24. The number of pyridine rings is 1. The lowest BCUT2D eigenvalue weighted by Gasteiger charge is -2.19. The minimum atomic E-state index is -0.348. The fourth-order valence-corrected chi connectivity index (χ4v) is 4.05. The standard InChI is InChI=1S/C22H20FN3O/c1-27-19-9-8-13(11-16(19)23)12-18-21-20(14-5-2-3-7-17(14)25-21)15-6-4-10-24-22(15)26-18/h2-3,5,7-9,11,25H,4,6,10,12H2,1H3,(H,24,26). The topological polar surface area (TPSA) is 49.9 Å². The summed E-state index contributed by atoms with van der Waals surface area (Å²) in [6.45, 7) is 0.935. The van der Waals surface area contributed by atoms with Gasteiger partial charge in [0.1, 0.15) is 5.82 Å². The number of aryl methyl sites for hydroxylation is 1. The highest BCUT2D eigenvalue weighted by Crippen LogP contribution is 2.36. The first-order valence-electron chi connectivity index (χ1n) is 9.23. The summed E-state index contributed by atoms with van der Waals surface area (Å²) >= 11 is 0. The van der Waals surface area contributed by atoms with Gasteiger partial charge in [0.05, 0.1) is 18.3 Å². The van der Waals surface area contributed by atoms with Crippen LogP contribution in [0.4, 0.5) is 10.2 Å². The summed E-state index contributed by atoms with van der Waals surface area (Å²) in [6.07, 6.45) is 2.68. The zero-order valence-electron chi connectivity index (χ0n) is 15.1. The number of rotatable bonds is 3. The highest BCUT2D eigenvalue weighted by Gasteiger charge is 2.20. The number of anilines is 1. The molecule has 2 aromatic carbocycles. The van der Waals surface area contributed by atoms with E-state index in [9.17, 15) is 4.39 Å². The average molecular weight is 361 g/mol. The molecule has 5 rings (SSSR count). The van der Waals surface area contributed by atoms with Gasteiger partial charge in [0, 0.05) is 34.8 Å². The maximum absolute atomic E-state index is 14.1. The van der Waals surface area contributed by atoms with Crippen molar-refractivity contribution in [3.05, 3.63) is 65.1 Å². The molecule has 0 unspecified atom stereocenters. The Morgan fingerprint density at radius 1 is 1.19 bits per heavy atom. The number of benzene rings is 2. The number of H-pyrrole nitrogens is 1. The Morgan fingerprint density at radius 2 is 2.07 bits per heavy atom. The van der Waals surface area contributed by atoms with Gasteiger partial charge < -0.3 is 15.0 Å². The number of aromatic amines is 1. The lowest BCUT2D eigenvalue weighted by Crippen LogP contribution is -2.15. The normalized spacial score (nSPS) is 13.6. The van der Waals surface area contributed by atoms with Gasteiger partial charge in [-0.15, -0.1) is 0 Å². The predicted molar refractivity (Wildman–Crippen MR) is 106 cm³/mol. The van der Waals surface area contributed by atoms with Crippen molar-refractivity contribution in [3.63, 3.8) is 0 Å². The van der Waals surface area contributed by atoms with Gasteiger partial charge in [0.15, 0.2) is 11.6 Å². The fourth-order valence-electron chi connectivity index (χ4n) is 4.05. The Bertz CT molecular complexity index is 1170. The molecule has 4 aromatic rings. The summed E-state index contributed by atoms with van der Waals surface area (Å²) < 4.78 is 19.2. The molecule has 0 aliphatic carbocycles. The molecular formula is C22H20FN3O. The molecule has 5 heteroatoms. The third-order valence-corrected chi connectivity index (χ3v) is 5.31. The van der Waals surface area contributed by atoms with Crippen LogP contribution in [-0.2, 0) is 12.8 Å². The average Bonchev–Trinajstić information content (AvgIpc) is 3.08. The second kappa shape index (κ2) is 6.27. The Morgan fingerprint density at radius 3 is 2.93 bits per heavy atom. The van der Waals surface area contributed by atoms with Crippen LogP contribution in [0.2, 0.25) is 0 Å². The smallest absolute Gasteiger partial charge is 0.165 e. The van der Waals surface area contributed by atoms with Crippen LogP contribution in [0.1, 0.15) is 23.2 Å². The molecule has 0 bridgehead atoms. The van der Waals surface area contributed by atoms with E-state index < -0.39 is 0 Å². The van der Waals surface area contributed by atoms with E-state index in [1.165, 1.54) is 29.5 Å². The van der Waals surface area contributed by atoms with Crippen LogP contribution in [0.25, 0.3) is 21.8 Å². The number of para-hydroxylation sites is 1. The summed E-state index contributed by atoms with van der Waals surface area (Å²) in [7, 11) is 1.48. The molecule has 2 aromatic heterocycles. The van der Waals surface area contributed by atoms with E-state index in [2.05, 4.69) is 28.5 Å². The van der Waals surface area contributed by atoms with E-state index in [-0.39, 0.29) is 11.6 Å². The molecule has 0 saturated heterocycles. The number of hydrogen-bond donors (Lipinski definition) is 2. The van der Waals surface area contributed by atoms with E-state index in [1.54, 1.807) is 6.07 Å². The van der Waals surface area contributed by atoms with Gasteiger partial charge in [-0.1, -0.05) is 24.3 Å². The highest BCUT2D eigenvalue weighted by atomic mass is 19.1. The minimum absolute atomic E-state index is 0.259. The molecule has 136 valence electrons. The molecule has 0 spiro atoms. The van der Waals surface area contributed by atoms with Crippen molar-refractivity contribution >= 4 is 27.6 Å².